The first-order valence-corrected chi connectivity index (χ1v) is 8.54. The van der Waals surface area contributed by atoms with Gasteiger partial charge in [-0.2, -0.15) is 0 Å². The van der Waals surface area contributed by atoms with Crippen LogP contribution in [0.4, 0.5) is 5.69 Å². The molecule has 2 aromatic heterocycles. The highest BCUT2D eigenvalue weighted by Crippen LogP contribution is 2.21. The van der Waals surface area contributed by atoms with Gasteiger partial charge < -0.3 is 23.5 Å². The zero-order valence-corrected chi connectivity index (χ0v) is 14.3. The van der Waals surface area contributed by atoms with Gasteiger partial charge in [-0.25, -0.2) is 0 Å². The van der Waals surface area contributed by atoms with Crippen LogP contribution in [0.1, 0.15) is 5.69 Å². The number of benzene rings is 1. The summed E-state index contributed by atoms with van der Waals surface area (Å²) in [7, 11) is 1.69. The number of anilines is 1. The molecule has 1 aliphatic rings. The zero-order valence-electron chi connectivity index (χ0n) is 14.3. The molecule has 6 nitrogen and oxygen atoms in total. The highest BCUT2D eigenvalue weighted by molar-refractivity contribution is 5.50. The molecule has 1 aliphatic heterocycles. The minimum Gasteiger partial charge on any atom is -0.497 e. The van der Waals surface area contributed by atoms with Crippen molar-refractivity contribution in [1.82, 2.24) is 5.16 Å². The van der Waals surface area contributed by atoms with E-state index >= 15 is 0 Å². The fraction of sp³-hybridized carbons (Fsp3) is 0.316. The number of piperazine rings is 1. The van der Waals surface area contributed by atoms with E-state index < -0.39 is 0 Å². The van der Waals surface area contributed by atoms with E-state index in [2.05, 4.69) is 22.2 Å². The van der Waals surface area contributed by atoms with Crippen LogP contribution in [-0.4, -0.2) is 38.4 Å². The van der Waals surface area contributed by atoms with Crippen molar-refractivity contribution in [3.8, 4) is 17.3 Å². The fourth-order valence-electron chi connectivity index (χ4n) is 3.24. The lowest BCUT2D eigenvalue weighted by atomic mass is 10.2. The van der Waals surface area contributed by atoms with Crippen molar-refractivity contribution in [2.45, 2.75) is 6.54 Å². The van der Waals surface area contributed by atoms with Crippen LogP contribution in [0, 0.1) is 0 Å². The first-order chi connectivity index (χ1) is 12.3. The van der Waals surface area contributed by atoms with E-state index in [0.717, 1.165) is 49.9 Å². The number of methoxy groups -OCH3 is 1. The van der Waals surface area contributed by atoms with Crippen molar-refractivity contribution >= 4 is 5.69 Å². The number of nitrogens with zero attached hydrogens (tertiary/aromatic N) is 2. The van der Waals surface area contributed by atoms with Gasteiger partial charge in [0.2, 0.25) is 5.76 Å². The number of rotatable bonds is 5. The number of quaternary nitrogens is 1. The summed E-state index contributed by atoms with van der Waals surface area (Å²) in [6.45, 7) is 5.10. The van der Waals surface area contributed by atoms with Crippen LogP contribution >= 0.6 is 0 Å². The van der Waals surface area contributed by atoms with Crippen molar-refractivity contribution < 1.29 is 18.6 Å². The molecule has 1 saturated heterocycles. The minimum absolute atomic E-state index is 0.691. The van der Waals surface area contributed by atoms with Gasteiger partial charge >= 0.3 is 0 Å². The third kappa shape index (κ3) is 3.53. The van der Waals surface area contributed by atoms with E-state index in [1.165, 1.54) is 10.6 Å². The normalized spacial score (nSPS) is 15.5. The largest absolute Gasteiger partial charge is 0.497 e. The molecule has 0 atom stereocenters. The Labute approximate surface area is 146 Å². The Bertz CT molecular complexity index is 788. The summed E-state index contributed by atoms with van der Waals surface area (Å²) in [5.74, 6) is 2.31. The predicted molar refractivity (Wildman–Crippen MR) is 93.8 cm³/mol. The molecular weight excluding hydrogens is 318 g/mol. The monoisotopic (exact) mass is 340 g/mol. The van der Waals surface area contributed by atoms with E-state index in [1.807, 2.05) is 30.3 Å². The zero-order chi connectivity index (χ0) is 17.1. The number of nitrogens with one attached hydrogen (secondary N) is 1. The summed E-state index contributed by atoms with van der Waals surface area (Å²) in [6, 6.07) is 14.0. The van der Waals surface area contributed by atoms with Gasteiger partial charge in [-0.3, -0.25) is 0 Å². The van der Waals surface area contributed by atoms with E-state index in [-0.39, 0.29) is 0 Å². The third-order valence-corrected chi connectivity index (χ3v) is 4.66. The lowest BCUT2D eigenvalue weighted by Crippen LogP contribution is -3.13. The Morgan fingerprint density at radius 3 is 2.60 bits per heavy atom. The molecule has 0 radical (unpaired) electrons. The van der Waals surface area contributed by atoms with Crippen LogP contribution in [0.5, 0.6) is 5.75 Å². The van der Waals surface area contributed by atoms with E-state index in [4.69, 9.17) is 13.7 Å². The Morgan fingerprint density at radius 1 is 1.12 bits per heavy atom. The summed E-state index contributed by atoms with van der Waals surface area (Å²) in [5, 5.41) is 4.18. The molecule has 0 spiro atoms. The van der Waals surface area contributed by atoms with Crippen molar-refractivity contribution in [3.05, 3.63) is 54.4 Å². The summed E-state index contributed by atoms with van der Waals surface area (Å²) in [5.41, 5.74) is 2.22. The first-order valence-electron chi connectivity index (χ1n) is 8.54. The number of hydrogen-bond donors (Lipinski definition) is 1. The maximum Gasteiger partial charge on any atom is 0.202 e. The van der Waals surface area contributed by atoms with Crippen LogP contribution in [-0.2, 0) is 6.54 Å². The van der Waals surface area contributed by atoms with Crippen molar-refractivity contribution in [3.63, 3.8) is 0 Å². The average molecular weight is 340 g/mol. The quantitative estimate of drug-likeness (QED) is 0.768. The van der Waals surface area contributed by atoms with Crippen molar-refractivity contribution in [2.24, 2.45) is 0 Å². The molecular formula is C19H22N3O3+. The average Bonchev–Trinajstić information content (AvgIpc) is 3.34. The highest BCUT2D eigenvalue weighted by atomic mass is 16.5. The Morgan fingerprint density at radius 2 is 1.92 bits per heavy atom. The Hall–Kier alpha value is -2.73. The molecule has 0 aliphatic carbocycles. The van der Waals surface area contributed by atoms with E-state index in [1.54, 1.807) is 13.4 Å². The SMILES string of the molecule is COc1ccc(N2CC[NH+](Cc3cc(-c4ccco4)on3)CC2)cc1. The molecule has 130 valence electrons. The fourth-order valence-corrected chi connectivity index (χ4v) is 3.24. The number of ether oxygens (including phenoxy) is 1. The molecule has 25 heavy (non-hydrogen) atoms. The maximum atomic E-state index is 5.38. The first kappa shape index (κ1) is 15.8. The number of furan rings is 1. The molecule has 0 bridgehead atoms. The molecule has 3 heterocycles. The molecule has 1 N–H and O–H groups in total. The molecule has 0 amide bonds. The molecule has 0 saturated carbocycles. The van der Waals surface area contributed by atoms with Crippen LogP contribution in [0.25, 0.3) is 11.5 Å². The van der Waals surface area contributed by atoms with E-state index in [0.29, 0.717) is 5.76 Å². The molecule has 4 rings (SSSR count). The smallest absolute Gasteiger partial charge is 0.202 e. The second-order valence-corrected chi connectivity index (χ2v) is 6.27. The summed E-state index contributed by atoms with van der Waals surface area (Å²) >= 11 is 0. The topological polar surface area (TPSA) is 56.1 Å². The van der Waals surface area contributed by atoms with Crippen LogP contribution in [0.2, 0.25) is 0 Å². The molecule has 1 fully saturated rings. The summed E-state index contributed by atoms with van der Waals surface area (Å²) < 4.78 is 16.0. The van der Waals surface area contributed by atoms with E-state index in [9.17, 15) is 0 Å². The summed E-state index contributed by atoms with van der Waals surface area (Å²) in [6.07, 6.45) is 1.64. The summed E-state index contributed by atoms with van der Waals surface area (Å²) in [4.78, 5) is 3.93. The van der Waals surface area contributed by atoms with Crippen LogP contribution in [0.3, 0.4) is 0 Å². The van der Waals surface area contributed by atoms with Gasteiger partial charge in [0.05, 0.1) is 39.6 Å². The Balaban J connectivity index is 1.33. The lowest BCUT2D eigenvalue weighted by molar-refractivity contribution is -0.914. The minimum atomic E-state index is 0.691. The second kappa shape index (κ2) is 7.03. The molecule has 3 aromatic rings. The molecule has 6 heteroatoms. The lowest BCUT2D eigenvalue weighted by Gasteiger charge is -2.33. The van der Waals surface area contributed by atoms with Gasteiger partial charge in [-0.1, -0.05) is 5.16 Å². The third-order valence-electron chi connectivity index (χ3n) is 4.66. The van der Waals surface area contributed by atoms with Gasteiger partial charge in [0, 0.05) is 11.8 Å². The Kier molecular flexibility index (Phi) is 4.43. The molecule has 0 unspecified atom stereocenters. The number of aromatic nitrogens is 1. The number of hydrogen-bond acceptors (Lipinski definition) is 5. The van der Waals surface area contributed by atoms with Gasteiger partial charge in [0.25, 0.3) is 0 Å². The van der Waals surface area contributed by atoms with Crippen LogP contribution in [0.15, 0.2) is 57.7 Å². The van der Waals surface area contributed by atoms with Gasteiger partial charge in [-0.05, 0) is 36.4 Å². The van der Waals surface area contributed by atoms with Crippen molar-refractivity contribution in [2.75, 3.05) is 38.2 Å². The highest BCUT2D eigenvalue weighted by Gasteiger charge is 2.22. The van der Waals surface area contributed by atoms with Crippen molar-refractivity contribution in [1.29, 1.82) is 0 Å². The van der Waals surface area contributed by atoms with Gasteiger partial charge in [0.1, 0.15) is 18.0 Å². The van der Waals surface area contributed by atoms with Crippen LogP contribution < -0.4 is 14.5 Å². The van der Waals surface area contributed by atoms with Gasteiger partial charge in [-0.15, -0.1) is 0 Å². The molecule has 1 aromatic carbocycles. The maximum absolute atomic E-state index is 5.38. The standard InChI is InChI=1S/C19H21N3O3/c1-23-17-6-4-16(5-7-17)22-10-8-21(9-11-22)14-15-13-19(25-20-15)18-3-2-12-24-18/h2-7,12-13H,8-11,14H2,1H3/p+1. The van der Waals surface area contributed by atoms with Gasteiger partial charge in [0.15, 0.2) is 5.76 Å². The predicted octanol–water partition coefficient (Wildman–Crippen LogP) is 1.85. The second-order valence-electron chi connectivity index (χ2n) is 6.27.